The molecule has 0 aliphatic carbocycles. The number of carbonyl (C=O) groups excluding carboxylic acids is 2. The first-order valence-corrected chi connectivity index (χ1v) is 10.6. The molecular formula is C25H20BrNO5. The van der Waals surface area contributed by atoms with Gasteiger partial charge in [0.05, 0.1) is 25.8 Å². The van der Waals surface area contributed by atoms with Crippen LogP contribution in [0.4, 0.5) is 5.69 Å². The maximum atomic E-state index is 13.2. The Balaban J connectivity index is 2.01. The van der Waals surface area contributed by atoms with E-state index >= 15 is 0 Å². The number of aliphatic hydroxyl groups excluding tert-OH is 1. The molecule has 0 aromatic heterocycles. The summed E-state index contributed by atoms with van der Waals surface area (Å²) in [6.07, 6.45) is 0. The topological polar surface area (TPSA) is 76.1 Å². The van der Waals surface area contributed by atoms with Crippen molar-refractivity contribution >= 4 is 39.1 Å². The molecular weight excluding hydrogens is 474 g/mol. The number of methoxy groups -OCH3 is 2. The molecule has 4 rings (SSSR count). The van der Waals surface area contributed by atoms with E-state index in [9.17, 15) is 14.7 Å². The molecule has 0 spiro atoms. The minimum atomic E-state index is -0.911. The fourth-order valence-corrected chi connectivity index (χ4v) is 4.06. The molecule has 0 bridgehead atoms. The maximum Gasteiger partial charge on any atom is 0.300 e. The quantitative estimate of drug-likeness (QED) is 0.304. The van der Waals surface area contributed by atoms with Crippen molar-refractivity contribution in [2.45, 2.75) is 6.04 Å². The smallest absolute Gasteiger partial charge is 0.300 e. The number of para-hydroxylation sites is 1. The second kappa shape index (κ2) is 8.88. The molecule has 1 unspecified atom stereocenters. The first-order chi connectivity index (χ1) is 15.5. The van der Waals surface area contributed by atoms with Gasteiger partial charge < -0.3 is 14.6 Å². The fourth-order valence-electron chi connectivity index (χ4n) is 3.80. The van der Waals surface area contributed by atoms with Crippen molar-refractivity contribution < 1.29 is 24.2 Å². The summed E-state index contributed by atoms with van der Waals surface area (Å²) in [6, 6.07) is 20.0. The number of rotatable bonds is 5. The van der Waals surface area contributed by atoms with Gasteiger partial charge in [-0.1, -0.05) is 46.3 Å². The van der Waals surface area contributed by atoms with Gasteiger partial charge in [0.25, 0.3) is 11.7 Å². The van der Waals surface area contributed by atoms with Crippen LogP contribution in [0, 0.1) is 0 Å². The molecule has 1 aliphatic rings. The third kappa shape index (κ3) is 3.76. The molecule has 32 heavy (non-hydrogen) atoms. The zero-order valence-electron chi connectivity index (χ0n) is 17.4. The van der Waals surface area contributed by atoms with Crippen molar-refractivity contribution in [3.05, 3.63) is 94.0 Å². The number of aliphatic hydroxyl groups is 1. The number of hydrogen-bond donors (Lipinski definition) is 1. The highest BCUT2D eigenvalue weighted by Crippen LogP contribution is 2.45. The van der Waals surface area contributed by atoms with E-state index in [1.807, 2.05) is 6.07 Å². The first-order valence-electron chi connectivity index (χ1n) is 9.80. The van der Waals surface area contributed by atoms with Gasteiger partial charge in [0.15, 0.2) is 0 Å². The van der Waals surface area contributed by atoms with Crippen molar-refractivity contribution in [3.63, 3.8) is 0 Å². The number of amides is 1. The van der Waals surface area contributed by atoms with Gasteiger partial charge >= 0.3 is 0 Å². The van der Waals surface area contributed by atoms with Crippen molar-refractivity contribution in [2.75, 3.05) is 19.1 Å². The van der Waals surface area contributed by atoms with Gasteiger partial charge in [0.2, 0.25) is 0 Å². The molecule has 1 fully saturated rings. The molecule has 1 atom stereocenters. The van der Waals surface area contributed by atoms with E-state index in [4.69, 9.17) is 9.47 Å². The van der Waals surface area contributed by atoms with E-state index in [1.54, 1.807) is 66.7 Å². The Morgan fingerprint density at radius 1 is 0.938 bits per heavy atom. The number of halogens is 1. The molecule has 3 aromatic rings. The van der Waals surface area contributed by atoms with Gasteiger partial charge in [0.1, 0.15) is 17.3 Å². The van der Waals surface area contributed by atoms with E-state index in [1.165, 1.54) is 19.1 Å². The molecule has 3 aromatic carbocycles. The van der Waals surface area contributed by atoms with E-state index in [0.29, 0.717) is 28.3 Å². The van der Waals surface area contributed by atoms with Crippen molar-refractivity contribution in [3.8, 4) is 11.5 Å². The number of hydrogen-bond acceptors (Lipinski definition) is 5. The van der Waals surface area contributed by atoms with Gasteiger partial charge in [-0.25, -0.2) is 0 Å². The van der Waals surface area contributed by atoms with Crippen LogP contribution in [0.15, 0.2) is 82.8 Å². The Morgan fingerprint density at radius 3 is 2.25 bits per heavy atom. The van der Waals surface area contributed by atoms with Gasteiger partial charge in [-0.15, -0.1) is 0 Å². The molecule has 1 N–H and O–H groups in total. The van der Waals surface area contributed by atoms with Crippen LogP contribution >= 0.6 is 15.9 Å². The number of benzene rings is 3. The van der Waals surface area contributed by atoms with Crippen LogP contribution in [0.25, 0.3) is 5.76 Å². The highest BCUT2D eigenvalue weighted by Gasteiger charge is 2.48. The summed E-state index contributed by atoms with van der Waals surface area (Å²) in [4.78, 5) is 27.8. The number of Topliss-reactive ketones (excluding diaryl/α,β-unsaturated/α-hetero) is 1. The number of anilines is 1. The summed E-state index contributed by atoms with van der Waals surface area (Å²) < 4.78 is 11.7. The largest absolute Gasteiger partial charge is 0.507 e. The fraction of sp³-hybridized carbons (Fsp3) is 0.120. The molecule has 162 valence electrons. The SMILES string of the molecule is COc1ccc(OC)c(C2/C(=C(\O)c3ccc(Br)cc3)C(=O)C(=O)N2c2ccccc2)c1. The third-order valence-corrected chi connectivity index (χ3v) is 5.86. The Kier molecular flexibility index (Phi) is 6.01. The van der Waals surface area contributed by atoms with Crippen LogP contribution in [-0.2, 0) is 9.59 Å². The number of nitrogens with zero attached hydrogens (tertiary/aromatic N) is 1. The van der Waals surface area contributed by atoms with Crippen LogP contribution in [0.1, 0.15) is 17.2 Å². The van der Waals surface area contributed by atoms with Crippen molar-refractivity contribution in [1.82, 2.24) is 0 Å². The number of carbonyl (C=O) groups is 2. The summed E-state index contributed by atoms with van der Waals surface area (Å²) in [5, 5.41) is 11.2. The maximum absolute atomic E-state index is 13.2. The number of ketones is 1. The third-order valence-electron chi connectivity index (χ3n) is 5.33. The van der Waals surface area contributed by atoms with Gasteiger partial charge in [-0.2, -0.15) is 0 Å². The Bertz CT molecular complexity index is 1200. The number of ether oxygens (including phenoxy) is 2. The predicted octanol–water partition coefficient (Wildman–Crippen LogP) is 5.09. The molecule has 6 nitrogen and oxygen atoms in total. The minimum absolute atomic E-state index is 0.0206. The predicted molar refractivity (Wildman–Crippen MR) is 125 cm³/mol. The molecule has 0 radical (unpaired) electrons. The lowest BCUT2D eigenvalue weighted by atomic mass is 9.94. The zero-order valence-corrected chi connectivity index (χ0v) is 19.0. The summed E-state index contributed by atoms with van der Waals surface area (Å²) in [5.41, 5.74) is 1.45. The second-order valence-electron chi connectivity index (χ2n) is 7.12. The van der Waals surface area contributed by atoms with Crippen LogP contribution in [0.2, 0.25) is 0 Å². The summed E-state index contributed by atoms with van der Waals surface area (Å²) >= 11 is 3.37. The lowest BCUT2D eigenvalue weighted by Gasteiger charge is -2.27. The average Bonchev–Trinajstić information content (AvgIpc) is 3.09. The van der Waals surface area contributed by atoms with Gasteiger partial charge in [0, 0.05) is 21.3 Å². The monoisotopic (exact) mass is 493 g/mol. The molecule has 0 saturated carbocycles. The van der Waals surface area contributed by atoms with Crippen molar-refractivity contribution in [1.29, 1.82) is 0 Å². The molecule has 1 saturated heterocycles. The van der Waals surface area contributed by atoms with E-state index in [2.05, 4.69) is 15.9 Å². The van der Waals surface area contributed by atoms with Crippen LogP contribution in [0.3, 0.4) is 0 Å². The molecule has 7 heteroatoms. The zero-order chi connectivity index (χ0) is 22.8. The van der Waals surface area contributed by atoms with E-state index in [0.717, 1.165) is 4.47 Å². The Morgan fingerprint density at radius 2 is 1.62 bits per heavy atom. The Hall–Kier alpha value is -3.58. The van der Waals surface area contributed by atoms with Gasteiger partial charge in [-0.3, -0.25) is 14.5 Å². The summed E-state index contributed by atoms with van der Waals surface area (Å²) in [6.45, 7) is 0. The van der Waals surface area contributed by atoms with Crippen molar-refractivity contribution in [2.24, 2.45) is 0 Å². The normalized spacial score (nSPS) is 17.5. The average molecular weight is 494 g/mol. The van der Waals surface area contributed by atoms with Crippen LogP contribution in [0.5, 0.6) is 11.5 Å². The lowest BCUT2D eigenvalue weighted by molar-refractivity contribution is -0.132. The first kappa shape index (κ1) is 21.6. The van der Waals surface area contributed by atoms with E-state index in [-0.39, 0.29) is 11.3 Å². The standard InChI is InChI=1S/C25H20BrNO5/c1-31-18-12-13-20(32-2)19(14-18)22-21(23(28)15-8-10-16(26)11-9-15)24(29)25(30)27(22)17-6-4-3-5-7-17/h3-14,22,28H,1-2H3/b23-21+. The molecule has 1 amide bonds. The van der Waals surface area contributed by atoms with Crippen LogP contribution < -0.4 is 14.4 Å². The summed E-state index contributed by atoms with van der Waals surface area (Å²) in [7, 11) is 3.04. The second-order valence-corrected chi connectivity index (χ2v) is 8.04. The summed E-state index contributed by atoms with van der Waals surface area (Å²) in [5.74, 6) is -0.776. The minimum Gasteiger partial charge on any atom is -0.507 e. The highest BCUT2D eigenvalue weighted by atomic mass is 79.9. The van der Waals surface area contributed by atoms with Gasteiger partial charge in [-0.05, 0) is 42.5 Å². The molecule has 1 heterocycles. The van der Waals surface area contributed by atoms with Crippen LogP contribution in [-0.4, -0.2) is 31.0 Å². The Labute approximate surface area is 193 Å². The molecule has 1 aliphatic heterocycles. The lowest BCUT2D eigenvalue weighted by Crippen LogP contribution is -2.29. The highest BCUT2D eigenvalue weighted by molar-refractivity contribution is 9.10. The van der Waals surface area contributed by atoms with E-state index < -0.39 is 17.7 Å².